The summed E-state index contributed by atoms with van der Waals surface area (Å²) >= 11 is 0. The van der Waals surface area contributed by atoms with Gasteiger partial charge in [0.2, 0.25) is 6.43 Å². The summed E-state index contributed by atoms with van der Waals surface area (Å²) in [6, 6.07) is 22.4. The van der Waals surface area contributed by atoms with Gasteiger partial charge < -0.3 is 9.47 Å². The molecule has 3 aromatic rings. The highest BCUT2D eigenvalue weighted by molar-refractivity contribution is 5.35. The zero-order chi connectivity index (χ0) is 22.3. The highest BCUT2D eigenvalue weighted by atomic mass is 19.3. The van der Waals surface area contributed by atoms with Crippen LogP contribution in [0.25, 0.3) is 0 Å². The SMILES string of the molecule is CC(CCCc1cccc(Oc2ccccc2)c1)(c1ccc(OC(F)F)cc1)C(F)F. The quantitative estimate of drug-likeness (QED) is 0.307. The van der Waals surface area contributed by atoms with Crippen LogP contribution < -0.4 is 9.47 Å². The standard InChI is InChI=1S/C25H24F4O2/c1-25(23(26)27,19-12-14-21(15-13-19)31-24(28)29)16-6-8-18-7-5-11-22(17-18)30-20-9-3-2-4-10-20/h2-5,7,9-15,17,23-24H,6,8,16H2,1H3. The molecule has 0 saturated carbocycles. The number of alkyl halides is 4. The van der Waals surface area contributed by atoms with E-state index in [2.05, 4.69) is 4.74 Å². The topological polar surface area (TPSA) is 18.5 Å². The minimum atomic E-state index is -2.95. The van der Waals surface area contributed by atoms with Crippen molar-refractivity contribution in [3.63, 3.8) is 0 Å². The molecule has 0 saturated heterocycles. The van der Waals surface area contributed by atoms with Crippen molar-refractivity contribution in [2.45, 2.75) is 44.6 Å². The Morgan fingerprint density at radius 1 is 0.774 bits per heavy atom. The molecule has 0 radical (unpaired) electrons. The molecule has 0 amide bonds. The number of para-hydroxylation sites is 1. The molecule has 0 aliphatic rings. The minimum Gasteiger partial charge on any atom is -0.457 e. The van der Waals surface area contributed by atoms with E-state index in [0.717, 1.165) is 11.3 Å². The lowest BCUT2D eigenvalue weighted by Crippen LogP contribution is -2.31. The van der Waals surface area contributed by atoms with Gasteiger partial charge in [-0.15, -0.1) is 0 Å². The molecule has 0 N–H and O–H groups in total. The highest BCUT2D eigenvalue weighted by Gasteiger charge is 2.36. The average molecular weight is 432 g/mol. The van der Waals surface area contributed by atoms with Crippen molar-refractivity contribution in [1.29, 1.82) is 0 Å². The Morgan fingerprint density at radius 3 is 2.10 bits per heavy atom. The Bertz CT molecular complexity index is 945. The lowest BCUT2D eigenvalue weighted by atomic mass is 9.78. The van der Waals surface area contributed by atoms with Crippen molar-refractivity contribution in [3.05, 3.63) is 90.0 Å². The maximum atomic E-state index is 13.9. The minimum absolute atomic E-state index is 0.0504. The van der Waals surface area contributed by atoms with Gasteiger partial charge in [-0.1, -0.05) is 49.4 Å². The molecular formula is C25H24F4O2. The van der Waals surface area contributed by atoms with Gasteiger partial charge in [-0.25, -0.2) is 8.78 Å². The molecule has 2 nitrogen and oxygen atoms in total. The molecule has 0 aromatic heterocycles. The Morgan fingerprint density at radius 2 is 1.45 bits per heavy atom. The van der Waals surface area contributed by atoms with Gasteiger partial charge in [-0.05, 0) is 66.8 Å². The second-order valence-corrected chi connectivity index (χ2v) is 7.54. The molecule has 164 valence electrons. The number of halogens is 4. The predicted molar refractivity (Wildman–Crippen MR) is 112 cm³/mol. The van der Waals surface area contributed by atoms with Gasteiger partial charge in [0.05, 0.1) is 5.41 Å². The molecule has 0 spiro atoms. The Kier molecular flexibility index (Phi) is 7.55. The van der Waals surface area contributed by atoms with E-state index >= 15 is 0 Å². The molecule has 0 aliphatic carbocycles. The first-order valence-corrected chi connectivity index (χ1v) is 10.0. The van der Waals surface area contributed by atoms with Crippen molar-refractivity contribution in [3.8, 4) is 17.2 Å². The number of hydrogen-bond acceptors (Lipinski definition) is 2. The normalized spacial score (nSPS) is 13.3. The smallest absolute Gasteiger partial charge is 0.387 e. The molecule has 3 rings (SSSR count). The van der Waals surface area contributed by atoms with E-state index in [1.165, 1.54) is 31.2 Å². The molecule has 31 heavy (non-hydrogen) atoms. The number of rotatable bonds is 10. The molecule has 1 unspecified atom stereocenters. The van der Waals surface area contributed by atoms with Crippen LogP contribution in [-0.2, 0) is 11.8 Å². The molecular weight excluding hydrogens is 408 g/mol. The van der Waals surface area contributed by atoms with Gasteiger partial charge in [0.25, 0.3) is 0 Å². The van der Waals surface area contributed by atoms with E-state index in [-0.39, 0.29) is 12.2 Å². The summed E-state index contributed by atoms with van der Waals surface area (Å²) in [6.07, 6.45) is -1.21. The van der Waals surface area contributed by atoms with Gasteiger partial charge in [0.1, 0.15) is 17.2 Å². The van der Waals surface area contributed by atoms with Crippen molar-refractivity contribution in [1.82, 2.24) is 0 Å². The zero-order valence-corrected chi connectivity index (χ0v) is 17.1. The first kappa shape index (κ1) is 22.7. The van der Waals surface area contributed by atoms with Gasteiger partial charge in [0.15, 0.2) is 0 Å². The molecule has 6 heteroatoms. The number of ether oxygens (including phenoxy) is 2. The molecule has 3 aromatic carbocycles. The highest BCUT2D eigenvalue weighted by Crippen LogP contribution is 2.37. The van der Waals surface area contributed by atoms with Crippen LogP contribution >= 0.6 is 0 Å². The second-order valence-electron chi connectivity index (χ2n) is 7.54. The number of benzene rings is 3. The van der Waals surface area contributed by atoms with Crippen molar-refractivity contribution in [2.75, 3.05) is 0 Å². The lowest BCUT2D eigenvalue weighted by molar-refractivity contribution is -0.0499. The van der Waals surface area contributed by atoms with E-state index in [0.29, 0.717) is 24.2 Å². The third kappa shape index (κ3) is 6.23. The van der Waals surface area contributed by atoms with Gasteiger partial charge in [0, 0.05) is 0 Å². The van der Waals surface area contributed by atoms with E-state index in [4.69, 9.17) is 4.74 Å². The Labute approximate surface area is 179 Å². The summed E-state index contributed by atoms with van der Waals surface area (Å²) < 4.78 is 62.6. The fourth-order valence-electron chi connectivity index (χ4n) is 3.45. The summed E-state index contributed by atoms with van der Waals surface area (Å²) in [5.74, 6) is 1.37. The van der Waals surface area contributed by atoms with Crippen LogP contribution in [0.5, 0.6) is 17.2 Å². The third-order valence-electron chi connectivity index (χ3n) is 5.26. The van der Waals surface area contributed by atoms with Crippen molar-refractivity contribution in [2.24, 2.45) is 0 Å². The molecule has 0 aliphatic heterocycles. The molecule has 0 bridgehead atoms. The Balaban J connectivity index is 1.63. The van der Waals surface area contributed by atoms with Crippen molar-refractivity contribution >= 4 is 0 Å². The number of aryl methyl sites for hydroxylation is 1. The molecule has 0 heterocycles. The van der Waals surface area contributed by atoms with Crippen LogP contribution in [0.2, 0.25) is 0 Å². The first-order valence-electron chi connectivity index (χ1n) is 10.0. The van der Waals surface area contributed by atoms with E-state index < -0.39 is 18.5 Å². The van der Waals surface area contributed by atoms with Gasteiger partial charge in [-0.3, -0.25) is 0 Å². The summed E-state index contributed by atoms with van der Waals surface area (Å²) in [6.45, 7) is -1.45. The van der Waals surface area contributed by atoms with Crippen LogP contribution in [0, 0.1) is 0 Å². The second kappa shape index (κ2) is 10.3. The van der Waals surface area contributed by atoms with E-state index in [1.807, 2.05) is 54.6 Å². The summed E-state index contributed by atoms with van der Waals surface area (Å²) in [5, 5.41) is 0. The molecule has 1 atom stereocenters. The fourth-order valence-corrected chi connectivity index (χ4v) is 3.45. The lowest BCUT2D eigenvalue weighted by Gasteiger charge is -2.29. The Hall–Kier alpha value is -3.02. The van der Waals surface area contributed by atoms with Crippen LogP contribution in [0.3, 0.4) is 0 Å². The number of hydrogen-bond donors (Lipinski definition) is 0. The maximum Gasteiger partial charge on any atom is 0.387 e. The third-order valence-corrected chi connectivity index (χ3v) is 5.26. The van der Waals surface area contributed by atoms with Gasteiger partial charge in [-0.2, -0.15) is 8.78 Å². The van der Waals surface area contributed by atoms with Gasteiger partial charge >= 0.3 is 6.61 Å². The zero-order valence-electron chi connectivity index (χ0n) is 17.1. The summed E-state index contributed by atoms with van der Waals surface area (Å²) in [5.41, 5.74) is -0.00220. The van der Waals surface area contributed by atoms with Crippen LogP contribution in [0.4, 0.5) is 17.6 Å². The summed E-state index contributed by atoms with van der Waals surface area (Å²) in [7, 11) is 0. The van der Waals surface area contributed by atoms with E-state index in [1.54, 1.807) is 0 Å². The largest absolute Gasteiger partial charge is 0.457 e. The van der Waals surface area contributed by atoms with Crippen LogP contribution in [-0.4, -0.2) is 13.0 Å². The molecule has 0 fully saturated rings. The van der Waals surface area contributed by atoms with Crippen molar-refractivity contribution < 1.29 is 27.0 Å². The fraction of sp³-hybridized carbons (Fsp3) is 0.280. The first-order chi connectivity index (χ1) is 14.9. The summed E-state index contributed by atoms with van der Waals surface area (Å²) in [4.78, 5) is 0. The van der Waals surface area contributed by atoms with Crippen LogP contribution in [0.15, 0.2) is 78.9 Å². The van der Waals surface area contributed by atoms with E-state index in [9.17, 15) is 17.6 Å². The van der Waals surface area contributed by atoms with Crippen LogP contribution in [0.1, 0.15) is 30.9 Å². The average Bonchev–Trinajstić information content (AvgIpc) is 2.74. The predicted octanol–water partition coefficient (Wildman–Crippen LogP) is 7.63. The maximum absolute atomic E-state index is 13.9. The monoisotopic (exact) mass is 432 g/mol.